The highest BCUT2D eigenvalue weighted by molar-refractivity contribution is 14.1. The Kier molecular flexibility index (Phi) is 2.87. The van der Waals surface area contributed by atoms with Gasteiger partial charge in [-0.15, -0.1) is 0 Å². The second kappa shape index (κ2) is 4.13. The summed E-state index contributed by atoms with van der Waals surface area (Å²) in [7, 11) is 0. The molecular weight excluding hydrogens is 283 g/mol. The van der Waals surface area contributed by atoms with E-state index in [1.54, 1.807) is 0 Å². The number of hydrogen-bond donors (Lipinski definition) is 0. The highest BCUT2D eigenvalue weighted by atomic mass is 127. The molecule has 0 atom stereocenters. The fraction of sp³-hybridized carbons (Fsp3) is 0.0769. The summed E-state index contributed by atoms with van der Waals surface area (Å²) in [6.07, 6.45) is 0. The average Bonchev–Trinajstić information content (AvgIpc) is 2.21. The van der Waals surface area contributed by atoms with Gasteiger partial charge in [0.2, 0.25) is 0 Å². The molecule has 0 aromatic heterocycles. The molecule has 2 aromatic rings. The zero-order valence-corrected chi connectivity index (χ0v) is 10.1. The Morgan fingerprint density at radius 2 is 1.57 bits per heavy atom. The van der Waals surface area contributed by atoms with Crippen molar-refractivity contribution in [1.29, 1.82) is 0 Å². The van der Waals surface area contributed by atoms with Gasteiger partial charge >= 0.3 is 0 Å². The van der Waals surface area contributed by atoms with E-state index in [4.69, 9.17) is 0 Å². The predicted molar refractivity (Wildman–Crippen MR) is 68.2 cm³/mol. The highest BCUT2D eigenvalue weighted by Gasteiger charge is 1.96. The monoisotopic (exact) mass is 293 g/mol. The number of hydrogen-bond acceptors (Lipinski definition) is 0. The van der Waals surface area contributed by atoms with Gasteiger partial charge in [-0.3, -0.25) is 0 Å². The lowest BCUT2D eigenvalue weighted by atomic mass is 10.0. The van der Waals surface area contributed by atoms with Crippen LogP contribution in [0.2, 0.25) is 0 Å². The summed E-state index contributed by atoms with van der Waals surface area (Å²) >= 11 is 2.31. The van der Waals surface area contributed by atoms with Gasteiger partial charge in [0.05, 0.1) is 0 Å². The molecule has 2 rings (SSSR count). The topological polar surface area (TPSA) is 0 Å². The molecule has 0 saturated heterocycles. The lowest BCUT2D eigenvalue weighted by Gasteiger charge is -2.01. The molecule has 0 unspecified atom stereocenters. The van der Waals surface area contributed by atoms with E-state index in [0.29, 0.717) is 0 Å². The minimum Gasteiger partial charge on any atom is -0.0581 e. The molecule has 0 fully saturated rings. The van der Waals surface area contributed by atoms with Gasteiger partial charge < -0.3 is 0 Å². The molecule has 0 spiro atoms. The molecule has 0 saturated carbocycles. The minimum atomic E-state index is 1.18. The van der Waals surface area contributed by atoms with Gasteiger partial charge in [0.25, 0.3) is 0 Å². The molecule has 14 heavy (non-hydrogen) atoms. The predicted octanol–water partition coefficient (Wildman–Crippen LogP) is 4.07. The fourth-order valence-corrected chi connectivity index (χ4v) is 1.68. The Hall–Kier alpha value is -0.830. The van der Waals surface area contributed by atoms with Gasteiger partial charge in [-0.05, 0) is 70.5 Å². The average molecular weight is 293 g/mol. The van der Waals surface area contributed by atoms with E-state index in [2.05, 4.69) is 72.0 Å². The van der Waals surface area contributed by atoms with Crippen molar-refractivity contribution in [3.05, 3.63) is 57.7 Å². The Balaban J connectivity index is 2.40. The van der Waals surface area contributed by atoms with E-state index in [1.807, 2.05) is 6.07 Å². The molecule has 2 aromatic carbocycles. The maximum absolute atomic E-state index is 3.21. The largest absolute Gasteiger partial charge is 0.0581 e. The molecule has 0 amide bonds. The van der Waals surface area contributed by atoms with Crippen molar-refractivity contribution < 1.29 is 0 Å². The van der Waals surface area contributed by atoms with Gasteiger partial charge in [0, 0.05) is 3.57 Å². The summed E-state index contributed by atoms with van der Waals surface area (Å²) in [5.74, 6) is 0. The number of benzene rings is 2. The van der Waals surface area contributed by atoms with Crippen molar-refractivity contribution in [3.63, 3.8) is 0 Å². The van der Waals surface area contributed by atoms with E-state index in [9.17, 15) is 0 Å². The van der Waals surface area contributed by atoms with Crippen LogP contribution in [0.3, 0.4) is 0 Å². The number of halogens is 1. The van der Waals surface area contributed by atoms with Crippen molar-refractivity contribution in [2.24, 2.45) is 0 Å². The first kappa shape index (κ1) is 9.71. The van der Waals surface area contributed by atoms with E-state index >= 15 is 0 Å². The Morgan fingerprint density at radius 1 is 0.929 bits per heavy atom. The third-order valence-electron chi connectivity index (χ3n) is 2.15. The Morgan fingerprint density at radius 3 is 2.14 bits per heavy atom. The van der Waals surface area contributed by atoms with Crippen LogP contribution in [0.25, 0.3) is 11.1 Å². The van der Waals surface area contributed by atoms with Crippen molar-refractivity contribution in [3.8, 4) is 11.1 Å². The van der Waals surface area contributed by atoms with Crippen molar-refractivity contribution in [1.82, 2.24) is 0 Å². The van der Waals surface area contributed by atoms with Crippen molar-refractivity contribution in [2.75, 3.05) is 0 Å². The first-order valence-electron chi connectivity index (χ1n) is 4.50. The summed E-state index contributed by atoms with van der Waals surface area (Å²) < 4.78 is 1.27. The van der Waals surface area contributed by atoms with Crippen LogP contribution in [0, 0.1) is 16.6 Å². The summed E-state index contributed by atoms with van der Waals surface area (Å²) in [6, 6.07) is 18.0. The summed E-state index contributed by atoms with van der Waals surface area (Å²) in [5, 5.41) is 0. The smallest absolute Gasteiger partial charge is 0.0130 e. The van der Waals surface area contributed by atoms with Crippen LogP contribution in [0.5, 0.6) is 0 Å². The van der Waals surface area contributed by atoms with Crippen molar-refractivity contribution in [2.45, 2.75) is 6.92 Å². The van der Waals surface area contributed by atoms with Crippen LogP contribution in [-0.4, -0.2) is 0 Å². The minimum absolute atomic E-state index is 1.18. The molecule has 0 aliphatic carbocycles. The SMILES string of the molecule is Cc1[c]cc(-c2ccc(I)cc2)cc1. The van der Waals surface area contributed by atoms with Crippen LogP contribution in [0.15, 0.2) is 42.5 Å². The first-order valence-corrected chi connectivity index (χ1v) is 5.58. The Labute approximate surface area is 98.1 Å². The lowest BCUT2D eigenvalue weighted by molar-refractivity contribution is 1.45. The fourth-order valence-electron chi connectivity index (χ4n) is 1.32. The van der Waals surface area contributed by atoms with Crippen LogP contribution < -0.4 is 0 Å². The van der Waals surface area contributed by atoms with E-state index < -0.39 is 0 Å². The van der Waals surface area contributed by atoms with E-state index in [1.165, 1.54) is 20.3 Å². The zero-order valence-electron chi connectivity index (χ0n) is 7.92. The molecule has 0 N–H and O–H groups in total. The third-order valence-corrected chi connectivity index (χ3v) is 2.86. The molecule has 1 heteroatoms. The summed E-state index contributed by atoms with van der Waals surface area (Å²) in [4.78, 5) is 0. The lowest BCUT2D eigenvalue weighted by Crippen LogP contribution is -1.79. The molecule has 0 nitrogen and oxygen atoms in total. The third kappa shape index (κ3) is 2.15. The standard InChI is InChI=1S/C13H10I/c1-10-2-4-11(5-3-10)12-6-8-13(14)9-7-12/h2,4-9H,1H3. The van der Waals surface area contributed by atoms with Crippen LogP contribution in [0.4, 0.5) is 0 Å². The first-order chi connectivity index (χ1) is 6.75. The summed E-state index contributed by atoms with van der Waals surface area (Å²) in [5.41, 5.74) is 3.66. The molecule has 0 aliphatic heterocycles. The zero-order chi connectivity index (χ0) is 9.97. The van der Waals surface area contributed by atoms with Crippen LogP contribution in [-0.2, 0) is 0 Å². The molecule has 0 aliphatic rings. The molecule has 1 radical (unpaired) electrons. The van der Waals surface area contributed by atoms with Gasteiger partial charge in [-0.2, -0.15) is 0 Å². The molecular formula is C13H10I. The highest BCUT2D eigenvalue weighted by Crippen LogP contribution is 2.20. The van der Waals surface area contributed by atoms with Crippen LogP contribution >= 0.6 is 22.6 Å². The van der Waals surface area contributed by atoms with Gasteiger partial charge in [-0.1, -0.05) is 24.3 Å². The molecule has 0 heterocycles. The molecule has 0 bridgehead atoms. The van der Waals surface area contributed by atoms with E-state index in [0.717, 1.165) is 0 Å². The number of rotatable bonds is 1. The second-order valence-electron chi connectivity index (χ2n) is 3.27. The quantitative estimate of drug-likeness (QED) is 0.695. The normalized spacial score (nSPS) is 10.1. The van der Waals surface area contributed by atoms with E-state index in [-0.39, 0.29) is 0 Å². The number of aryl methyl sites for hydroxylation is 1. The van der Waals surface area contributed by atoms with Crippen molar-refractivity contribution >= 4 is 22.6 Å². The Bertz CT molecular complexity index is 368. The van der Waals surface area contributed by atoms with Gasteiger partial charge in [-0.25, -0.2) is 0 Å². The van der Waals surface area contributed by atoms with Gasteiger partial charge in [0.1, 0.15) is 0 Å². The maximum Gasteiger partial charge on any atom is 0.0130 e. The summed E-state index contributed by atoms with van der Waals surface area (Å²) in [6.45, 7) is 2.05. The van der Waals surface area contributed by atoms with Crippen LogP contribution in [0.1, 0.15) is 5.56 Å². The molecule has 69 valence electrons. The second-order valence-corrected chi connectivity index (χ2v) is 4.51. The maximum atomic E-state index is 3.21. The van der Waals surface area contributed by atoms with Gasteiger partial charge in [0.15, 0.2) is 0 Å².